The van der Waals surface area contributed by atoms with E-state index in [9.17, 15) is 23.1 Å². The van der Waals surface area contributed by atoms with Gasteiger partial charge in [-0.1, -0.05) is 42.5 Å². The van der Waals surface area contributed by atoms with Crippen molar-refractivity contribution in [1.29, 1.82) is 0 Å². The number of ether oxygens (including phenoxy) is 2. The summed E-state index contributed by atoms with van der Waals surface area (Å²) in [6, 6.07) is 17.7. The summed E-state index contributed by atoms with van der Waals surface area (Å²) in [5, 5.41) is 9.25. The van der Waals surface area contributed by atoms with Crippen molar-refractivity contribution in [2.75, 3.05) is 19.9 Å². The standard InChI is InChI=1S/C27H27NO7S/c1-34-24-10-8-19(15-26(29)30)14-22(24)20-9-11-25(36(2,32)33)21-12-13-28(16-23(20)21)27(31)35-17-18-6-4-3-5-7-18/h3-11,14H,12-13,15-17H2,1-2H3,(H,29,30). The number of benzene rings is 3. The van der Waals surface area contributed by atoms with Crippen LogP contribution in [0, 0.1) is 0 Å². The van der Waals surface area contributed by atoms with E-state index < -0.39 is 21.9 Å². The molecule has 8 nitrogen and oxygen atoms in total. The van der Waals surface area contributed by atoms with E-state index in [0.717, 1.165) is 11.8 Å². The fraction of sp³-hybridized carbons (Fsp3) is 0.259. The summed E-state index contributed by atoms with van der Waals surface area (Å²) in [4.78, 5) is 26.0. The zero-order chi connectivity index (χ0) is 25.9. The Bertz CT molecular complexity index is 1400. The quantitative estimate of drug-likeness (QED) is 0.511. The van der Waals surface area contributed by atoms with Crippen LogP contribution in [0.25, 0.3) is 11.1 Å². The van der Waals surface area contributed by atoms with Crippen LogP contribution < -0.4 is 4.74 Å². The number of sulfone groups is 1. The van der Waals surface area contributed by atoms with Crippen LogP contribution >= 0.6 is 0 Å². The number of carbonyl (C=O) groups is 2. The van der Waals surface area contributed by atoms with Crippen molar-refractivity contribution in [1.82, 2.24) is 4.90 Å². The number of hydrogen-bond donors (Lipinski definition) is 1. The summed E-state index contributed by atoms with van der Waals surface area (Å²) in [5.41, 5.74) is 4.07. The molecule has 1 aliphatic rings. The Labute approximate surface area is 210 Å². The highest BCUT2D eigenvalue weighted by Crippen LogP contribution is 2.39. The molecule has 0 radical (unpaired) electrons. The maximum absolute atomic E-state index is 12.9. The van der Waals surface area contributed by atoms with E-state index in [1.54, 1.807) is 35.2 Å². The van der Waals surface area contributed by atoms with E-state index in [2.05, 4.69) is 0 Å². The number of nitrogens with zero attached hydrogens (tertiary/aromatic N) is 1. The monoisotopic (exact) mass is 509 g/mol. The smallest absolute Gasteiger partial charge is 0.410 e. The highest BCUT2D eigenvalue weighted by Gasteiger charge is 2.29. The van der Waals surface area contributed by atoms with Crippen molar-refractivity contribution in [2.24, 2.45) is 0 Å². The van der Waals surface area contributed by atoms with Crippen molar-refractivity contribution in [3.05, 3.63) is 82.9 Å². The summed E-state index contributed by atoms with van der Waals surface area (Å²) in [7, 11) is -2.00. The summed E-state index contributed by atoms with van der Waals surface area (Å²) in [6.45, 7) is 0.584. The van der Waals surface area contributed by atoms with Gasteiger partial charge in [-0.2, -0.15) is 0 Å². The van der Waals surface area contributed by atoms with Crippen LogP contribution in [0.4, 0.5) is 4.79 Å². The second-order valence-corrected chi connectivity index (χ2v) is 10.6. The molecule has 0 saturated heterocycles. The average Bonchev–Trinajstić information content (AvgIpc) is 2.86. The second kappa shape index (κ2) is 10.4. The van der Waals surface area contributed by atoms with Gasteiger partial charge in [-0.3, -0.25) is 4.79 Å². The van der Waals surface area contributed by atoms with E-state index >= 15 is 0 Å². The molecular weight excluding hydrogens is 482 g/mol. The molecule has 0 spiro atoms. The fourth-order valence-corrected chi connectivity index (χ4v) is 5.45. The molecule has 3 aromatic carbocycles. The minimum absolute atomic E-state index is 0.129. The lowest BCUT2D eigenvalue weighted by atomic mass is 9.90. The number of carbonyl (C=O) groups excluding carboxylic acids is 1. The van der Waals surface area contributed by atoms with Crippen LogP contribution in [0.5, 0.6) is 5.75 Å². The maximum Gasteiger partial charge on any atom is 0.410 e. The van der Waals surface area contributed by atoms with Gasteiger partial charge in [0.15, 0.2) is 9.84 Å². The van der Waals surface area contributed by atoms with E-state index in [0.29, 0.717) is 46.5 Å². The Morgan fingerprint density at radius 3 is 2.39 bits per heavy atom. The number of hydrogen-bond acceptors (Lipinski definition) is 6. The Morgan fingerprint density at radius 1 is 0.972 bits per heavy atom. The van der Waals surface area contributed by atoms with E-state index in [1.807, 2.05) is 30.3 Å². The van der Waals surface area contributed by atoms with Crippen molar-refractivity contribution in [3.8, 4) is 16.9 Å². The van der Waals surface area contributed by atoms with Crippen LogP contribution in [0.1, 0.15) is 22.3 Å². The van der Waals surface area contributed by atoms with Crippen LogP contribution in [0.3, 0.4) is 0 Å². The molecule has 1 heterocycles. The fourth-order valence-electron chi connectivity index (χ4n) is 4.46. The molecule has 1 N–H and O–H groups in total. The second-order valence-electron chi connectivity index (χ2n) is 8.66. The minimum atomic E-state index is -3.51. The predicted octanol–water partition coefficient (Wildman–Crippen LogP) is 4.09. The number of rotatable bonds is 7. The lowest BCUT2D eigenvalue weighted by Gasteiger charge is -2.31. The SMILES string of the molecule is COc1ccc(CC(=O)O)cc1-c1ccc(S(C)(=O)=O)c2c1CN(C(=O)OCc1ccccc1)CC2. The number of fused-ring (bicyclic) bond motifs is 1. The van der Waals surface area contributed by atoms with E-state index in [1.165, 1.54) is 7.11 Å². The highest BCUT2D eigenvalue weighted by atomic mass is 32.2. The maximum atomic E-state index is 12.9. The molecule has 0 aromatic heterocycles. The van der Waals surface area contributed by atoms with Gasteiger partial charge in [-0.05, 0) is 52.4 Å². The van der Waals surface area contributed by atoms with Gasteiger partial charge >= 0.3 is 12.1 Å². The van der Waals surface area contributed by atoms with Gasteiger partial charge in [-0.25, -0.2) is 13.2 Å². The zero-order valence-electron chi connectivity index (χ0n) is 20.1. The number of amides is 1. The zero-order valence-corrected chi connectivity index (χ0v) is 20.9. The molecule has 36 heavy (non-hydrogen) atoms. The normalized spacial score (nSPS) is 13.1. The molecule has 188 valence electrons. The molecule has 0 saturated carbocycles. The number of carboxylic acids is 1. The van der Waals surface area contributed by atoms with Crippen LogP contribution in [0.15, 0.2) is 65.6 Å². The van der Waals surface area contributed by atoms with Gasteiger partial charge in [0, 0.05) is 24.9 Å². The third-order valence-electron chi connectivity index (χ3n) is 6.14. The molecular formula is C27H27NO7S. The third-order valence-corrected chi connectivity index (χ3v) is 7.32. The Balaban J connectivity index is 1.74. The van der Waals surface area contributed by atoms with E-state index in [4.69, 9.17) is 9.47 Å². The minimum Gasteiger partial charge on any atom is -0.496 e. The molecule has 4 rings (SSSR count). The van der Waals surface area contributed by atoms with Crippen LogP contribution in [-0.4, -0.2) is 50.4 Å². The topological polar surface area (TPSA) is 110 Å². The molecule has 0 aliphatic carbocycles. The first-order valence-corrected chi connectivity index (χ1v) is 13.3. The predicted molar refractivity (Wildman–Crippen MR) is 134 cm³/mol. The lowest BCUT2D eigenvalue weighted by molar-refractivity contribution is -0.136. The van der Waals surface area contributed by atoms with Gasteiger partial charge in [0.1, 0.15) is 12.4 Å². The first-order valence-electron chi connectivity index (χ1n) is 11.4. The first kappa shape index (κ1) is 25.2. The third kappa shape index (κ3) is 5.52. The number of carboxylic acid groups (broad SMARTS) is 1. The summed E-state index contributed by atoms with van der Waals surface area (Å²) >= 11 is 0. The van der Waals surface area contributed by atoms with Crippen LogP contribution in [-0.2, 0) is 45.4 Å². The Kier molecular flexibility index (Phi) is 7.30. The van der Waals surface area contributed by atoms with Crippen LogP contribution in [0.2, 0.25) is 0 Å². The van der Waals surface area contributed by atoms with Crippen molar-refractivity contribution in [3.63, 3.8) is 0 Å². The molecule has 0 unspecified atom stereocenters. The van der Waals surface area contributed by atoms with Gasteiger partial charge in [0.05, 0.1) is 18.4 Å². The number of aliphatic carboxylic acids is 1. The van der Waals surface area contributed by atoms with Gasteiger partial charge < -0.3 is 19.5 Å². The molecule has 1 amide bonds. The van der Waals surface area contributed by atoms with Crippen molar-refractivity contribution >= 4 is 21.9 Å². The van der Waals surface area contributed by atoms with Gasteiger partial charge in [0.2, 0.25) is 0 Å². The van der Waals surface area contributed by atoms with Crippen molar-refractivity contribution in [2.45, 2.75) is 30.9 Å². The Morgan fingerprint density at radius 2 is 1.72 bits per heavy atom. The van der Waals surface area contributed by atoms with Gasteiger partial charge in [0.25, 0.3) is 0 Å². The largest absolute Gasteiger partial charge is 0.496 e. The first-order chi connectivity index (χ1) is 17.2. The molecule has 9 heteroatoms. The lowest BCUT2D eigenvalue weighted by Crippen LogP contribution is -2.37. The molecule has 3 aromatic rings. The molecule has 0 fully saturated rings. The summed E-state index contributed by atoms with van der Waals surface area (Å²) in [5.74, 6) is -0.449. The summed E-state index contributed by atoms with van der Waals surface area (Å²) < 4.78 is 36.1. The average molecular weight is 510 g/mol. The van der Waals surface area contributed by atoms with Crippen molar-refractivity contribution < 1.29 is 32.6 Å². The Hall–Kier alpha value is -3.85. The molecule has 0 atom stereocenters. The van der Waals surface area contributed by atoms with E-state index in [-0.39, 0.29) is 24.5 Å². The van der Waals surface area contributed by atoms with Gasteiger partial charge in [-0.15, -0.1) is 0 Å². The highest BCUT2D eigenvalue weighted by molar-refractivity contribution is 7.90. The number of methoxy groups -OCH3 is 1. The molecule has 1 aliphatic heterocycles. The molecule has 0 bridgehead atoms. The summed E-state index contributed by atoms with van der Waals surface area (Å²) in [6.07, 6.45) is 0.838.